The van der Waals surface area contributed by atoms with Gasteiger partial charge in [0.25, 0.3) is 0 Å². The molecule has 0 atom stereocenters. The van der Waals surface area contributed by atoms with Crippen molar-refractivity contribution in [3.8, 4) is 10.6 Å². The molecule has 5 rings (SSSR count). The van der Waals surface area contributed by atoms with E-state index in [-0.39, 0.29) is 0 Å². The second kappa shape index (κ2) is 7.68. The van der Waals surface area contributed by atoms with E-state index in [9.17, 15) is 0 Å². The molecule has 0 N–H and O–H groups in total. The van der Waals surface area contributed by atoms with E-state index in [0.717, 1.165) is 55.9 Å². The fourth-order valence-electron chi connectivity index (χ4n) is 3.50. The number of anilines is 3. The highest BCUT2D eigenvalue weighted by Gasteiger charge is 2.24. The van der Waals surface area contributed by atoms with Crippen molar-refractivity contribution < 1.29 is 0 Å². The molecule has 3 heterocycles. The first-order chi connectivity index (χ1) is 14.2. The molecular weight excluding hydrogens is 448 g/mol. The fraction of sp³-hybridized carbons (Fsp3) is 0.238. The van der Waals surface area contributed by atoms with Gasteiger partial charge < -0.3 is 9.80 Å². The highest BCUT2D eigenvalue weighted by Crippen LogP contribution is 2.36. The second-order valence-corrected chi connectivity index (χ2v) is 8.88. The standard InChI is InChI=1S/C21H19BrN6S/c1-27(21-26-25-20(29-21)14-8-10-15(22)11-9-14)18-19(28-12-4-5-13-28)24-17-7-3-2-6-16(17)23-18/h2-3,6-11H,4-5,12-13H2,1H3. The third-order valence-electron chi connectivity index (χ3n) is 5.05. The van der Waals surface area contributed by atoms with Gasteiger partial charge in [-0.2, -0.15) is 0 Å². The third kappa shape index (κ3) is 3.58. The van der Waals surface area contributed by atoms with E-state index < -0.39 is 0 Å². The number of benzene rings is 2. The Bertz CT molecular complexity index is 1150. The molecule has 0 aliphatic carbocycles. The topological polar surface area (TPSA) is 58.0 Å². The number of hydrogen-bond acceptors (Lipinski definition) is 7. The number of nitrogens with zero attached hydrogens (tertiary/aromatic N) is 6. The lowest BCUT2D eigenvalue weighted by Crippen LogP contribution is -2.24. The number of para-hydroxylation sites is 2. The lowest BCUT2D eigenvalue weighted by atomic mass is 10.2. The van der Waals surface area contributed by atoms with Crippen LogP contribution < -0.4 is 9.80 Å². The highest BCUT2D eigenvalue weighted by atomic mass is 79.9. The molecule has 8 heteroatoms. The van der Waals surface area contributed by atoms with Crippen molar-refractivity contribution >= 4 is 55.1 Å². The Hall–Kier alpha value is -2.58. The predicted octanol–water partition coefficient (Wildman–Crippen LogP) is 5.28. The van der Waals surface area contributed by atoms with E-state index in [0.29, 0.717) is 0 Å². The van der Waals surface area contributed by atoms with Crippen molar-refractivity contribution in [1.82, 2.24) is 20.2 Å². The maximum absolute atomic E-state index is 4.95. The normalized spacial score (nSPS) is 13.9. The van der Waals surface area contributed by atoms with E-state index in [1.807, 2.05) is 60.5 Å². The minimum Gasteiger partial charge on any atom is -0.354 e. The van der Waals surface area contributed by atoms with Gasteiger partial charge in [0.15, 0.2) is 11.6 Å². The first-order valence-corrected chi connectivity index (χ1v) is 11.1. The molecule has 1 aliphatic heterocycles. The molecule has 0 bridgehead atoms. The van der Waals surface area contributed by atoms with E-state index in [2.05, 4.69) is 31.0 Å². The molecule has 0 saturated carbocycles. The number of aromatic nitrogens is 4. The van der Waals surface area contributed by atoms with E-state index in [1.54, 1.807) is 11.3 Å². The number of fused-ring (bicyclic) bond motifs is 1. The molecule has 146 valence electrons. The van der Waals surface area contributed by atoms with Crippen molar-refractivity contribution in [1.29, 1.82) is 0 Å². The summed E-state index contributed by atoms with van der Waals surface area (Å²) in [5.41, 5.74) is 2.85. The Morgan fingerprint density at radius 2 is 1.62 bits per heavy atom. The summed E-state index contributed by atoms with van der Waals surface area (Å²) in [5.74, 6) is 1.74. The van der Waals surface area contributed by atoms with Gasteiger partial charge in [0.2, 0.25) is 5.13 Å². The van der Waals surface area contributed by atoms with Crippen LogP contribution in [0.1, 0.15) is 12.8 Å². The molecule has 0 amide bonds. The predicted molar refractivity (Wildman–Crippen MR) is 122 cm³/mol. The molecule has 1 aliphatic rings. The summed E-state index contributed by atoms with van der Waals surface area (Å²) in [7, 11) is 1.99. The maximum Gasteiger partial charge on any atom is 0.214 e. The molecule has 2 aromatic carbocycles. The van der Waals surface area contributed by atoms with Crippen molar-refractivity contribution in [2.75, 3.05) is 29.9 Å². The molecule has 0 spiro atoms. The average Bonchev–Trinajstić information content (AvgIpc) is 3.45. The Labute approximate surface area is 181 Å². The SMILES string of the molecule is CN(c1nnc(-c2ccc(Br)cc2)s1)c1nc2ccccc2nc1N1CCCC1. The van der Waals surface area contributed by atoms with Gasteiger partial charge in [-0.1, -0.05) is 51.5 Å². The molecule has 2 aromatic heterocycles. The summed E-state index contributed by atoms with van der Waals surface area (Å²) < 4.78 is 1.05. The second-order valence-electron chi connectivity index (χ2n) is 7.01. The number of hydrogen-bond donors (Lipinski definition) is 0. The molecule has 4 aromatic rings. The van der Waals surface area contributed by atoms with Crippen LogP contribution in [-0.4, -0.2) is 40.3 Å². The van der Waals surface area contributed by atoms with E-state index in [1.165, 1.54) is 12.8 Å². The van der Waals surface area contributed by atoms with Crippen molar-refractivity contribution in [2.24, 2.45) is 0 Å². The minimum absolute atomic E-state index is 0.799. The Morgan fingerprint density at radius 3 is 2.34 bits per heavy atom. The molecule has 0 unspecified atom stereocenters. The fourth-order valence-corrected chi connectivity index (χ4v) is 4.58. The highest BCUT2D eigenvalue weighted by molar-refractivity contribution is 9.10. The van der Waals surface area contributed by atoms with Crippen molar-refractivity contribution in [2.45, 2.75) is 12.8 Å². The summed E-state index contributed by atoms with van der Waals surface area (Å²) in [4.78, 5) is 14.2. The largest absolute Gasteiger partial charge is 0.354 e. The van der Waals surface area contributed by atoms with Gasteiger partial charge in [-0.05, 0) is 37.1 Å². The Kier molecular flexibility index (Phi) is 4.89. The smallest absolute Gasteiger partial charge is 0.214 e. The summed E-state index contributed by atoms with van der Waals surface area (Å²) >= 11 is 5.03. The molecule has 29 heavy (non-hydrogen) atoms. The zero-order chi connectivity index (χ0) is 19.8. The van der Waals surface area contributed by atoms with Crippen LogP contribution >= 0.6 is 27.3 Å². The average molecular weight is 467 g/mol. The summed E-state index contributed by atoms with van der Waals surface area (Å²) in [6.07, 6.45) is 2.37. The summed E-state index contributed by atoms with van der Waals surface area (Å²) in [6, 6.07) is 16.1. The number of halogens is 1. The van der Waals surface area contributed by atoms with Crippen LogP contribution in [0.2, 0.25) is 0 Å². The van der Waals surface area contributed by atoms with Gasteiger partial charge in [-0.3, -0.25) is 0 Å². The van der Waals surface area contributed by atoms with Crippen molar-refractivity contribution in [3.05, 3.63) is 53.0 Å². The molecule has 6 nitrogen and oxygen atoms in total. The molecular formula is C21H19BrN6S. The van der Waals surface area contributed by atoms with Gasteiger partial charge in [0.05, 0.1) is 11.0 Å². The zero-order valence-electron chi connectivity index (χ0n) is 15.9. The van der Waals surface area contributed by atoms with Crippen LogP contribution in [0.25, 0.3) is 21.6 Å². The van der Waals surface area contributed by atoms with Crippen LogP contribution in [0.4, 0.5) is 16.8 Å². The van der Waals surface area contributed by atoms with Crippen LogP contribution in [0, 0.1) is 0 Å². The van der Waals surface area contributed by atoms with Gasteiger partial charge in [-0.15, -0.1) is 10.2 Å². The van der Waals surface area contributed by atoms with Gasteiger partial charge in [0.1, 0.15) is 5.01 Å². The van der Waals surface area contributed by atoms with E-state index >= 15 is 0 Å². The van der Waals surface area contributed by atoms with Crippen molar-refractivity contribution in [3.63, 3.8) is 0 Å². The van der Waals surface area contributed by atoms with Crippen LogP contribution in [0.5, 0.6) is 0 Å². The Balaban J connectivity index is 1.56. The Morgan fingerprint density at radius 1 is 0.931 bits per heavy atom. The van der Waals surface area contributed by atoms with Crippen LogP contribution in [0.15, 0.2) is 53.0 Å². The third-order valence-corrected chi connectivity index (χ3v) is 6.63. The van der Waals surface area contributed by atoms with Gasteiger partial charge in [0, 0.05) is 30.2 Å². The first kappa shape index (κ1) is 18.4. The van der Waals surface area contributed by atoms with Gasteiger partial charge >= 0.3 is 0 Å². The van der Waals surface area contributed by atoms with E-state index in [4.69, 9.17) is 9.97 Å². The minimum atomic E-state index is 0.799. The quantitative estimate of drug-likeness (QED) is 0.407. The molecule has 0 radical (unpaired) electrons. The van der Waals surface area contributed by atoms with Gasteiger partial charge in [-0.25, -0.2) is 9.97 Å². The zero-order valence-corrected chi connectivity index (χ0v) is 18.3. The summed E-state index contributed by atoms with van der Waals surface area (Å²) in [5, 5.41) is 10.5. The van der Waals surface area contributed by atoms with Crippen LogP contribution in [0.3, 0.4) is 0 Å². The lowest BCUT2D eigenvalue weighted by Gasteiger charge is -2.24. The first-order valence-electron chi connectivity index (χ1n) is 9.54. The lowest BCUT2D eigenvalue weighted by molar-refractivity contribution is 0.924. The maximum atomic E-state index is 4.95. The monoisotopic (exact) mass is 466 g/mol. The van der Waals surface area contributed by atoms with Crippen LogP contribution in [-0.2, 0) is 0 Å². The summed E-state index contributed by atoms with van der Waals surface area (Å²) in [6.45, 7) is 2.02. The number of rotatable bonds is 4. The molecule has 1 fully saturated rings. The molecule has 1 saturated heterocycles.